The lowest BCUT2D eigenvalue weighted by Crippen LogP contribution is -2.38. The molecule has 2 rings (SSSR count). The lowest BCUT2D eigenvalue weighted by Gasteiger charge is -2.22. The first-order valence-corrected chi connectivity index (χ1v) is 9.76. The second-order valence-corrected chi connectivity index (χ2v) is 8.40. The summed E-state index contributed by atoms with van der Waals surface area (Å²) in [4.78, 5) is 14.3. The summed E-state index contributed by atoms with van der Waals surface area (Å²) in [5.74, 6) is 0.191. The van der Waals surface area contributed by atoms with Crippen molar-refractivity contribution >= 4 is 15.9 Å². The molecule has 1 aromatic carbocycles. The summed E-state index contributed by atoms with van der Waals surface area (Å²) in [7, 11) is -3.17. The van der Waals surface area contributed by atoms with E-state index in [2.05, 4.69) is 6.07 Å². The lowest BCUT2D eigenvalue weighted by atomic mass is 10.0. The monoisotopic (exact) mass is 338 g/mol. The van der Waals surface area contributed by atoms with Crippen LogP contribution >= 0.6 is 0 Å². The Balaban J connectivity index is 2.01. The first-order valence-electron chi connectivity index (χ1n) is 8.15. The zero-order valence-electron chi connectivity index (χ0n) is 14.2. The van der Waals surface area contributed by atoms with Crippen LogP contribution in [0.1, 0.15) is 30.0 Å². The maximum absolute atomic E-state index is 12.5. The summed E-state index contributed by atoms with van der Waals surface area (Å²) in [5.41, 5.74) is 3.36. The molecule has 1 amide bonds. The Bertz CT molecular complexity index is 670. The van der Waals surface area contributed by atoms with Crippen molar-refractivity contribution in [2.24, 2.45) is 0 Å². The molecule has 0 radical (unpaired) electrons. The lowest BCUT2D eigenvalue weighted by molar-refractivity contribution is -0.130. The predicted molar refractivity (Wildman–Crippen MR) is 91.9 cm³/mol. The highest BCUT2D eigenvalue weighted by atomic mass is 32.2. The highest BCUT2D eigenvalue weighted by Crippen LogP contribution is 2.14. The summed E-state index contributed by atoms with van der Waals surface area (Å²) in [6.07, 6.45) is 1.07. The number of hydrogen-bond acceptors (Lipinski definition) is 3. The zero-order chi connectivity index (χ0) is 17.0. The van der Waals surface area contributed by atoms with Gasteiger partial charge in [0.15, 0.2) is 0 Å². The fourth-order valence-corrected chi connectivity index (χ4v) is 4.06. The number of hydrogen-bond donors (Lipinski definition) is 0. The van der Waals surface area contributed by atoms with E-state index in [1.807, 2.05) is 26.0 Å². The maximum Gasteiger partial charge on any atom is 0.227 e. The molecule has 1 heterocycles. The molecule has 128 valence electrons. The van der Waals surface area contributed by atoms with E-state index in [0.717, 1.165) is 11.1 Å². The molecule has 0 unspecified atom stereocenters. The average molecular weight is 338 g/mol. The van der Waals surface area contributed by atoms with Gasteiger partial charge in [0, 0.05) is 26.2 Å². The van der Waals surface area contributed by atoms with Crippen molar-refractivity contribution in [3.8, 4) is 0 Å². The largest absolute Gasteiger partial charge is 0.341 e. The van der Waals surface area contributed by atoms with Gasteiger partial charge in [-0.3, -0.25) is 4.79 Å². The Labute approximate surface area is 139 Å². The van der Waals surface area contributed by atoms with Gasteiger partial charge in [0.25, 0.3) is 0 Å². The van der Waals surface area contributed by atoms with E-state index in [9.17, 15) is 13.2 Å². The van der Waals surface area contributed by atoms with Crippen LogP contribution in [0.15, 0.2) is 18.2 Å². The fraction of sp³-hybridized carbons (Fsp3) is 0.588. The highest BCUT2D eigenvalue weighted by molar-refractivity contribution is 7.89. The van der Waals surface area contributed by atoms with Crippen LogP contribution in [-0.4, -0.2) is 55.5 Å². The number of aryl methyl sites for hydroxylation is 2. The molecule has 1 aromatic rings. The molecule has 1 aliphatic heterocycles. The Morgan fingerprint density at radius 3 is 2.52 bits per heavy atom. The molecule has 0 aliphatic carbocycles. The molecular weight excluding hydrogens is 312 g/mol. The van der Waals surface area contributed by atoms with E-state index in [1.54, 1.807) is 11.8 Å². The molecule has 0 bridgehead atoms. The van der Waals surface area contributed by atoms with Crippen LogP contribution in [-0.2, 0) is 21.2 Å². The van der Waals surface area contributed by atoms with Gasteiger partial charge in [-0.15, -0.1) is 0 Å². The number of rotatable bonds is 4. The Morgan fingerprint density at radius 1 is 1.13 bits per heavy atom. The van der Waals surface area contributed by atoms with Crippen molar-refractivity contribution in [2.45, 2.75) is 33.6 Å². The topological polar surface area (TPSA) is 57.7 Å². The van der Waals surface area contributed by atoms with Crippen LogP contribution in [0, 0.1) is 13.8 Å². The third kappa shape index (κ3) is 4.54. The smallest absolute Gasteiger partial charge is 0.227 e. The van der Waals surface area contributed by atoms with Gasteiger partial charge in [0.05, 0.1) is 12.2 Å². The van der Waals surface area contributed by atoms with Crippen LogP contribution in [0.25, 0.3) is 0 Å². The summed E-state index contributed by atoms with van der Waals surface area (Å²) < 4.78 is 25.5. The van der Waals surface area contributed by atoms with E-state index < -0.39 is 10.0 Å². The van der Waals surface area contributed by atoms with Gasteiger partial charge in [0.1, 0.15) is 0 Å². The first-order chi connectivity index (χ1) is 10.8. The van der Waals surface area contributed by atoms with E-state index in [0.29, 0.717) is 39.0 Å². The summed E-state index contributed by atoms with van der Waals surface area (Å²) in [6.45, 7) is 7.72. The second kappa shape index (κ2) is 7.45. The molecule has 0 atom stereocenters. The van der Waals surface area contributed by atoms with Crippen LogP contribution in [0.4, 0.5) is 0 Å². The van der Waals surface area contributed by atoms with Crippen LogP contribution in [0.3, 0.4) is 0 Å². The quantitative estimate of drug-likeness (QED) is 0.840. The summed E-state index contributed by atoms with van der Waals surface area (Å²) in [5, 5.41) is 0. The third-order valence-electron chi connectivity index (χ3n) is 4.41. The van der Waals surface area contributed by atoms with E-state index in [1.165, 1.54) is 9.87 Å². The Morgan fingerprint density at radius 2 is 1.87 bits per heavy atom. The molecule has 0 spiro atoms. The SMILES string of the molecule is CCS(=O)(=O)N1CCCN(C(=O)Cc2ccc(C)cc2C)CC1. The first kappa shape index (κ1) is 17.9. The molecular formula is C17H26N2O3S. The molecule has 6 heteroatoms. The Kier molecular flexibility index (Phi) is 5.81. The summed E-state index contributed by atoms with van der Waals surface area (Å²) in [6, 6.07) is 6.11. The fourth-order valence-electron chi connectivity index (χ4n) is 2.92. The number of amides is 1. The molecule has 23 heavy (non-hydrogen) atoms. The number of nitrogens with zero attached hydrogens (tertiary/aromatic N) is 2. The Hall–Kier alpha value is -1.40. The maximum atomic E-state index is 12.5. The van der Waals surface area contributed by atoms with Gasteiger partial charge in [-0.1, -0.05) is 23.8 Å². The van der Waals surface area contributed by atoms with Gasteiger partial charge >= 0.3 is 0 Å². The van der Waals surface area contributed by atoms with E-state index in [4.69, 9.17) is 0 Å². The van der Waals surface area contributed by atoms with E-state index >= 15 is 0 Å². The third-order valence-corrected chi connectivity index (χ3v) is 6.29. The molecule has 1 fully saturated rings. The molecule has 0 saturated carbocycles. The number of benzene rings is 1. The number of carbonyl (C=O) groups excluding carboxylic acids is 1. The molecule has 1 aliphatic rings. The van der Waals surface area contributed by atoms with Gasteiger partial charge in [0.2, 0.25) is 15.9 Å². The van der Waals surface area contributed by atoms with Crippen LogP contribution in [0.2, 0.25) is 0 Å². The average Bonchev–Trinajstić information content (AvgIpc) is 2.76. The minimum absolute atomic E-state index is 0.0766. The van der Waals surface area contributed by atoms with Gasteiger partial charge in [-0.2, -0.15) is 0 Å². The van der Waals surface area contributed by atoms with Crippen LogP contribution < -0.4 is 0 Å². The van der Waals surface area contributed by atoms with Crippen molar-refractivity contribution in [2.75, 3.05) is 31.9 Å². The molecule has 0 aromatic heterocycles. The zero-order valence-corrected chi connectivity index (χ0v) is 15.0. The van der Waals surface area contributed by atoms with Gasteiger partial charge < -0.3 is 4.90 Å². The van der Waals surface area contributed by atoms with Crippen molar-refractivity contribution < 1.29 is 13.2 Å². The summed E-state index contributed by atoms with van der Waals surface area (Å²) >= 11 is 0. The van der Waals surface area contributed by atoms with Crippen molar-refractivity contribution in [1.82, 2.24) is 9.21 Å². The predicted octanol–water partition coefficient (Wildman–Crippen LogP) is 1.73. The van der Waals surface area contributed by atoms with Gasteiger partial charge in [-0.05, 0) is 38.3 Å². The standard InChI is InChI=1S/C17H26N2O3S/c1-4-23(21,22)19-9-5-8-18(10-11-19)17(20)13-16-7-6-14(2)12-15(16)3/h6-7,12H,4-5,8-11,13H2,1-3H3. The second-order valence-electron chi connectivity index (χ2n) is 6.14. The van der Waals surface area contributed by atoms with Crippen molar-refractivity contribution in [1.29, 1.82) is 0 Å². The minimum atomic E-state index is -3.17. The van der Waals surface area contributed by atoms with E-state index in [-0.39, 0.29) is 11.7 Å². The van der Waals surface area contributed by atoms with Crippen molar-refractivity contribution in [3.63, 3.8) is 0 Å². The minimum Gasteiger partial charge on any atom is -0.341 e. The molecule has 5 nitrogen and oxygen atoms in total. The highest BCUT2D eigenvalue weighted by Gasteiger charge is 2.25. The number of carbonyl (C=O) groups is 1. The number of sulfonamides is 1. The van der Waals surface area contributed by atoms with Crippen LogP contribution in [0.5, 0.6) is 0 Å². The molecule has 1 saturated heterocycles. The van der Waals surface area contributed by atoms with Gasteiger partial charge in [-0.25, -0.2) is 12.7 Å². The normalized spacial score (nSPS) is 17.1. The van der Waals surface area contributed by atoms with Crippen molar-refractivity contribution in [3.05, 3.63) is 34.9 Å². The molecule has 0 N–H and O–H groups in total.